The lowest BCUT2D eigenvalue weighted by molar-refractivity contribution is -0.00803. The lowest BCUT2D eigenvalue weighted by atomic mass is 10.0. The molecule has 1 saturated heterocycles. The monoisotopic (exact) mass is 333 g/mol. The van der Waals surface area contributed by atoms with Gasteiger partial charge in [-0.05, 0) is 19.9 Å². The van der Waals surface area contributed by atoms with Crippen LogP contribution in [0.15, 0.2) is 23.4 Å². The van der Waals surface area contributed by atoms with Gasteiger partial charge in [0.1, 0.15) is 4.90 Å². The summed E-state index contributed by atoms with van der Waals surface area (Å²) in [6.45, 7) is 7.23. The van der Waals surface area contributed by atoms with Gasteiger partial charge < -0.3 is 4.74 Å². The third-order valence-corrected chi connectivity index (χ3v) is 5.46. The Morgan fingerprint density at radius 1 is 1.43 bits per heavy atom. The molecule has 0 saturated carbocycles. The van der Waals surface area contributed by atoms with E-state index in [1.54, 1.807) is 0 Å². The molecule has 0 amide bonds. The van der Waals surface area contributed by atoms with Crippen LogP contribution >= 0.6 is 11.6 Å². The molecule has 21 heavy (non-hydrogen) atoms. The van der Waals surface area contributed by atoms with E-state index in [1.807, 2.05) is 13.8 Å². The third-order valence-electron chi connectivity index (χ3n) is 3.59. The fourth-order valence-corrected chi connectivity index (χ4v) is 3.82. The molecule has 1 aliphatic heterocycles. The molecule has 0 atom stereocenters. The number of sulfonamides is 1. The molecular formula is C13H20ClN3O3S. The van der Waals surface area contributed by atoms with Gasteiger partial charge >= 0.3 is 0 Å². The average molecular weight is 334 g/mol. The Hall–Kier alpha value is -0.730. The number of morpholine rings is 1. The van der Waals surface area contributed by atoms with Crippen LogP contribution in [0.2, 0.25) is 5.02 Å². The van der Waals surface area contributed by atoms with Gasteiger partial charge in [-0.15, -0.1) is 0 Å². The average Bonchev–Trinajstić information content (AvgIpc) is 2.47. The van der Waals surface area contributed by atoms with Crippen molar-refractivity contribution in [2.75, 3.05) is 32.8 Å². The molecule has 2 rings (SSSR count). The van der Waals surface area contributed by atoms with Crippen LogP contribution in [0.3, 0.4) is 0 Å². The Kier molecular flexibility index (Phi) is 5.21. The summed E-state index contributed by atoms with van der Waals surface area (Å²) >= 11 is 5.92. The van der Waals surface area contributed by atoms with Gasteiger partial charge in [0, 0.05) is 37.6 Å². The van der Waals surface area contributed by atoms with Gasteiger partial charge in [0.15, 0.2) is 0 Å². The van der Waals surface area contributed by atoms with Gasteiger partial charge in [-0.25, -0.2) is 13.1 Å². The second kappa shape index (κ2) is 6.58. The molecule has 1 aromatic heterocycles. The minimum absolute atomic E-state index is 0.00411. The van der Waals surface area contributed by atoms with E-state index in [-0.39, 0.29) is 15.5 Å². The topological polar surface area (TPSA) is 71.5 Å². The van der Waals surface area contributed by atoms with Crippen molar-refractivity contribution >= 4 is 21.6 Å². The number of aromatic nitrogens is 1. The largest absolute Gasteiger partial charge is 0.379 e. The molecule has 1 aromatic rings. The molecule has 0 radical (unpaired) electrons. The molecule has 0 aliphatic carbocycles. The maximum absolute atomic E-state index is 12.3. The van der Waals surface area contributed by atoms with Crippen molar-refractivity contribution in [2.45, 2.75) is 24.3 Å². The molecule has 8 heteroatoms. The zero-order valence-electron chi connectivity index (χ0n) is 12.2. The van der Waals surface area contributed by atoms with Crippen molar-refractivity contribution < 1.29 is 13.2 Å². The van der Waals surface area contributed by atoms with Crippen LogP contribution in [0, 0.1) is 0 Å². The Bertz CT molecular complexity index is 586. The molecule has 6 nitrogen and oxygen atoms in total. The molecule has 1 aliphatic rings. The minimum atomic E-state index is -3.67. The summed E-state index contributed by atoms with van der Waals surface area (Å²) in [7, 11) is -3.67. The predicted molar refractivity (Wildman–Crippen MR) is 80.9 cm³/mol. The summed E-state index contributed by atoms with van der Waals surface area (Å²) in [6, 6.07) is 1.46. The number of halogens is 1. The zero-order chi connectivity index (χ0) is 15.5. The normalized spacial score (nSPS) is 17.9. The van der Waals surface area contributed by atoms with Crippen LogP contribution < -0.4 is 4.72 Å². The van der Waals surface area contributed by atoms with E-state index in [0.717, 1.165) is 13.1 Å². The van der Waals surface area contributed by atoms with E-state index in [9.17, 15) is 8.42 Å². The standard InChI is InChI=1S/C13H20ClN3O3S/c1-13(2,17-5-7-20-8-6-17)10-16-21(18,19)12-9-15-4-3-11(12)14/h3-4,9,16H,5-8,10H2,1-2H3. The summed E-state index contributed by atoms with van der Waals surface area (Å²) in [6.07, 6.45) is 2.71. The quantitative estimate of drug-likeness (QED) is 0.874. The van der Waals surface area contributed by atoms with Gasteiger partial charge in [-0.3, -0.25) is 9.88 Å². The molecule has 0 unspecified atom stereocenters. The van der Waals surface area contributed by atoms with Crippen molar-refractivity contribution in [1.29, 1.82) is 0 Å². The van der Waals surface area contributed by atoms with Crippen LogP contribution in [-0.2, 0) is 14.8 Å². The van der Waals surface area contributed by atoms with Crippen LogP contribution in [0.5, 0.6) is 0 Å². The van der Waals surface area contributed by atoms with Crippen LogP contribution in [-0.4, -0.2) is 56.7 Å². The molecule has 1 N–H and O–H groups in total. The number of nitrogens with one attached hydrogen (secondary N) is 1. The maximum Gasteiger partial charge on any atom is 0.243 e. The molecule has 0 spiro atoms. The predicted octanol–water partition coefficient (Wildman–Crippen LogP) is 1.12. The zero-order valence-corrected chi connectivity index (χ0v) is 13.7. The highest BCUT2D eigenvalue weighted by Gasteiger charge is 2.30. The molecule has 0 aromatic carbocycles. The lowest BCUT2D eigenvalue weighted by Gasteiger charge is -2.40. The Morgan fingerprint density at radius 3 is 2.71 bits per heavy atom. The van der Waals surface area contributed by atoms with E-state index in [4.69, 9.17) is 16.3 Å². The molecule has 2 heterocycles. The van der Waals surface area contributed by atoms with Gasteiger partial charge in [0.25, 0.3) is 0 Å². The van der Waals surface area contributed by atoms with Gasteiger partial charge in [-0.2, -0.15) is 0 Å². The van der Waals surface area contributed by atoms with E-state index < -0.39 is 10.0 Å². The van der Waals surface area contributed by atoms with Crippen molar-refractivity contribution in [2.24, 2.45) is 0 Å². The first-order valence-electron chi connectivity index (χ1n) is 6.75. The van der Waals surface area contributed by atoms with Crippen LogP contribution in [0.4, 0.5) is 0 Å². The first kappa shape index (κ1) is 16.6. The number of nitrogens with zero attached hydrogens (tertiary/aromatic N) is 2. The number of pyridine rings is 1. The first-order chi connectivity index (χ1) is 9.83. The lowest BCUT2D eigenvalue weighted by Crippen LogP contribution is -2.55. The smallest absolute Gasteiger partial charge is 0.243 e. The van der Waals surface area contributed by atoms with Crippen molar-refractivity contribution in [3.8, 4) is 0 Å². The van der Waals surface area contributed by atoms with E-state index in [2.05, 4.69) is 14.6 Å². The fourth-order valence-electron chi connectivity index (χ4n) is 2.19. The summed E-state index contributed by atoms with van der Waals surface area (Å²) in [5, 5.41) is 0.168. The Balaban J connectivity index is 2.06. The summed E-state index contributed by atoms with van der Waals surface area (Å²) in [5.41, 5.74) is -0.300. The molecule has 118 valence electrons. The van der Waals surface area contributed by atoms with Crippen LogP contribution in [0.25, 0.3) is 0 Å². The number of hydrogen-bond donors (Lipinski definition) is 1. The van der Waals surface area contributed by atoms with Crippen molar-refractivity contribution in [1.82, 2.24) is 14.6 Å². The van der Waals surface area contributed by atoms with Crippen molar-refractivity contribution in [3.63, 3.8) is 0 Å². The summed E-state index contributed by atoms with van der Waals surface area (Å²) in [4.78, 5) is 6.03. The SMILES string of the molecule is CC(C)(CNS(=O)(=O)c1cnccc1Cl)N1CCOCC1. The van der Waals surface area contributed by atoms with E-state index in [0.29, 0.717) is 19.8 Å². The Labute approximate surface area is 130 Å². The molecule has 1 fully saturated rings. The van der Waals surface area contributed by atoms with Crippen LogP contribution in [0.1, 0.15) is 13.8 Å². The highest BCUT2D eigenvalue weighted by Crippen LogP contribution is 2.20. The number of hydrogen-bond acceptors (Lipinski definition) is 5. The fraction of sp³-hybridized carbons (Fsp3) is 0.615. The highest BCUT2D eigenvalue weighted by atomic mass is 35.5. The second-order valence-electron chi connectivity index (χ2n) is 5.54. The molecular weight excluding hydrogens is 314 g/mol. The van der Waals surface area contributed by atoms with Gasteiger partial charge in [0.2, 0.25) is 10.0 Å². The minimum Gasteiger partial charge on any atom is -0.379 e. The second-order valence-corrected chi connectivity index (χ2v) is 7.69. The third kappa shape index (κ3) is 4.14. The van der Waals surface area contributed by atoms with E-state index in [1.165, 1.54) is 18.5 Å². The molecule has 0 bridgehead atoms. The van der Waals surface area contributed by atoms with Gasteiger partial charge in [-0.1, -0.05) is 11.6 Å². The van der Waals surface area contributed by atoms with E-state index >= 15 is 0 Å². The Morgan fingerprint density at radius 2 is 2.10 bits per heavy atom. The number of ether oxygens (including phenoxy) is 1. The first-order valence-corrected chi connectivity index (χ1v) is 8.61. The summed E-state index contributed by atoms with van der Waals surface area (Å²) in [5.74, 6) is 0. The maximum atomic E-state index is 12.3. The van der Waals surface area contributed by atoms with Crippen molar-refractivity contribution in [3.05, 3.63) is 23.5 Å². The van der Waals surface area contributed by atoms with Gasteiger partial charge in [0.05, 0.1) is 18.2 Å². The highest BCUT2D eigenvalue weighted by molar-refractivity contribution is 7.89. The summed E-state index contributed by atoms with van der Waals surface area (Å²) < 4.78 is 32.5. The number of rotatable bonds is 5.